The molecule has 6 nitrogen and oxygen atoms in total. The molecular weight excluding hydrogens is 346 g/mol. The van der Waals surface area contributed by atoms with Crippen molar-refractivity contribution < 1.29 is 4.79 Å². The van der Waals surface area contributed by atoms with Crippen molar-refractivity contribution in [3.8, 4) is 0 Å². The first-order valence-corrected chi connectivity index (χ1v) is 8.25. The number of nitrogens with one attached hydrogen (secondary N) is 2. The van der Waals surface area contributed by atoms with E-state index >= 15 is 0 Å². The molecule has 0 aliphatic heterocycles. The van der Waals surface area contributed by atoms with Crippen LogP contribution in [-0.2, 0) is 0 Å². The fourth-order valence-corrected chi connectivity index (χ4v) is 3.21. The van der Waals surface area contributed by atoms with Gasteiger partial charge in [0.05, 0.1) is 20.9 Å². The highest BCUT2D eigenvalue weighted by molar-refractivity contribution is 7.22. The number of nitrogens with two attached hydrogens (primary N) is 1. The monoisotopic (exact) mass is 359 g/mol. The number of hydrogen-bond acceptors (Lipinski definition) is 4. The number of halogens is 1. The van der Waals surface area contributed by atoms with Crippen molar-refractivity contribution in [2.75, 3.05) is 5.32 Å². The molecule has 1 heterocycles. The van der Waals surface area contributed by atoms with Gasteiger partial charge < -0.3 is 11.1 Å². The number of urea groups is 1. The molecular formula is C16H14ClN5OS. The minimum Gasteiger partial charge on any atom is -0.369 e. The number of guanidine groups is 1. The first-order chi connectivity index (χ1) is 11.5. The van der Waals surface area contributed by atoms with Crippen molar-refractivity contribution in [2.45, 2.75) is 6.92 Å². The lowest BCUT2D eigenvalue weighted by atomic mass is 10.2. The van der Waals surface area contributed by atoms with Gasteiger partial charge in [-0.3, -0.25) is 5.32 Å². The van der Waals surface area contributed by atoms with Crippen molar-refractivity contribution in [2.24, 2.45) is 10.7 Å². The van der Waals surface area contributed by atoms with Crippen LogP contribution < -0.4 is 16.4 Å². The molecule has 0 unspecified atom stereocenters. The van der Waals surface area contributed by atoms with Crippen LogP contribution in [-0.4, -0.2) is 17.0 Å². The van der Waals surface area contributed by atoms with Crippen LogP contribution in [0.5, 0.6) is 0 Å². The van der Waals surface area contributed by atoms with E-state index in [2.05, 4.69) is 20.6 Å². The van der Waals surface area contributed by atoms with E-state index in [1.165, 1.54) is 11.3 Å². The maximum Gasteiger partial charge on any atom is 0.326 e. The lowest BCUT2D eigenvalue weighted by Crippen LogP contribution is -2.39. The summed E-state index contributed by atoms with van der Waals surface area (Å²) in [6, 6.07) is 12.5. The summed E-state index contributed by atoms with van der Waals surface area (Å²) in [5.74, 6) is -0.0451. The van der Waals surface area contributed by atoms with Gasteiger partial charge >= 0.3 is 6.03 Å². The second kappa shape index (κ2) is 6.86. The second-order valence-electron chi connectivity index (χ2n) is 4.97. The fourth-order valence-electron chi connectivity index (χ4n) is 2.09. The molecule has 0 aliphatic carbocycles. The Balaban J connectivity index is 1.71. The van der Waals surface area contributed by atoms with Crippen LogP contribution in [0.3, 0.4) is 0 Å². The highest BCUT2D eigenvalue weighted by Crippen LogP contribution is 2.27. The molecule has 3 rings (SSSR count). The molecule has 4 N–H and O–H groups in total. The van der Waals surface area contributed by atoms with Gasteiger partial charge in [0, 0.05) is 0 Å². The molecule has 24 heavy (non-hydrogen) atoms. The number of anilines is 1. The highest BCUT2D eigenvalue weighted by Gasteiger charge is 2.09. The van der Waals surface area contributed by atoms with Crippen molar-refractivity contribution in [3.05, 3.63) is 53.1 Å². The Morgan fingerprint density at radius 1 is 1.25 bits per heavy atom. The highest BCUT2D eigenvalue weighted by atomic mass is 35.5. The standard InChI is InChI=1S/C16H14ClN5OS/c1-9-5-4-6-10(17)13(9)20-15(23)21-14(18)22-16-19-11-7-2-3-8-12(11)24-16/h2-8H,1H3,(H4,18,19,20,21,22,23). The number of hydrogen-bond donors (Lipinski definition) is 3. The van der Waals surface area contributed by atoms with Gasteiger partial charge in [-0.1, -0.05) is 47.2 Å². The zero-order valence-electron chi connectivity index (χ0n) is 12.7. The van der Waals surface area contributed by atoms with Gasteiger partial charge in [0.15, 0.2) is 0 Å². The van der Waals surface area contributed by atoms with E-state index < -0.39 is 6.03 Å². The lowest BCUT2D eigenvalue weighted by Gasteiger charge is -2.10. The Morgan fingerprint density at radius 3 is 2.79 bits per heavy atom. The Bertz CT molecular complexity index is 884. The van der Waals surface area contributed by atoms with Gasteiger partial charge in [-0.2, -0.15) is 4.99 Å². The van der Waals surface area contributed by atoms with E-state index in [0.717, 1.165) is 15.8 Å². The number of para-hydroxylation sites is 2. The molecule has 122 valence electrons. The molecule has 0 saturated heterocycles. The lowest BCUT2D eigenvalue weighted by molar-refractivity contribution is 0.256. The predicted molar refractivity (Wildman–Crippen MR) is 99.2 cm³/mol. The first kappa shape index (κ1) is 16.2. The quantitative estimate of drug-likeness (QED) is 0.476. The van der Waals surface area contributed by atoms with Crippen LogP contribution in [0.2, 0.25) is 5.02 Å². The second-order valence-corrected chi connectivity index (χ2v) is 6.39. The van der Waals surface area contributed by atoms with Crippen LogP contribution in [0.25, 0.3) is 10.2 Å². The maximum absolute atomic E-state index is 12.0. The summed E-state index contributed by atoms with van der Waals surface area (Å²) >= 11 is 7.46. The van der Waals surface area contributed by atoms with E-state index in [1.807, 2.05) is 43.3 Å². The molecule has 0 bridgehead atoms. The Morgan fingerprint density at radius 2 is 2.04 bits per heavy atom. The third-order valence-corrected chi connectivity index (χ3v) is 4.45. The van der Waals surface area contributed by atoms with E-state index in [9.17, 15) is 4.79 Å². The number of nitrogens with zero attached hydrogens (tertiary/aromatic N) is 2. The molecule has 3 aromatic rings. The zero-order valence-corrected chi connectivity index (χ0v) is 14.3. The van der Waals surface area contributed by atoms with Crippen LogP contribution in [0.4, 0.5) is 15.6 Å². The number of fused-ring (bicyclic) bond motifs is 1. The molecule has 0 aliphatic rings. The van der Waals surface area contributed by atoms with Crippen molar-refractivity contribution >= 4 is 56.0 Å². The molecule has 0 fully saturated rings. The Kier molecular flexibility index (Phi) is 4.64. The largest absolute Gasteiger partial charge is 0.369 e. The number of carbonyl (C=O) groups excluding carboxylic acids is 1. The number of carbonyl (C=O) groups is 1. The van der Waals surface area contributed by atoms with Crippen molar-refractivity contribution in [1.29, 1.82) is 0 Å². The van der Waals surface area contributed by atoms with E-state index in [1.54, 1.807) is 6.07 Å². The zero-order chi connectivity index (χ0) is 17.1. The average Bonchev–Trinajstić information content (AvgIpc) is 2.93. The van der Waals surface area contributed by atoms with Crippen molar-refractivity contribution in [1.82, 2.24) is 10.3 Å². The summed E-state index contributed by atoms with van der Waals surface area (Å²) in [6.45, 7) is 1.85. The minimum atomic E-state index is -0.520. The van der Waals surface area contributed by atoms with E-state index in [4.69, 9.17) is 17.3 Å². The number of amides is 2. The number of aryl methyl sites for hydroxylation is 1. The van der Waals surface area contributed by atoms with Gasteiger partial charge in [0.2, 0.25) is 11.1 Å². The summed E-state index contributed by atoms with van der Waals surface area (Å²) in [4.78, 5) is 20.5. The average molecular weight is 360 g/mol. The van der Waals surface area contributed by atoms with Gasteiger partial charge in [-0.05, 0) is 30.7 Å². The van der Waals surface area contributed by atoms with E-state index in [-0.39, 0.29) is 5.96 Å². The third kappa shape index (κ3) is 3.64. The van der Waals surface area contributed by atoms with Gasteiger partial charge in [0.1, 0.15) is 0 Å². The minimum absolute atomic E-state index is 0.0451. The van der Waals surface area contributed by atoms with Crippen LogP contribution in [0.15, 0.2) is 47.5 Å². The molecule has 0 atom stereocenters. The number of thiazole rings is 1. The van der Waals surface area contributed by atoms with Crippen LogP contribution in [0.1, 0.15) is 5.56 Å². The van der Waals surface area contributed by atoms with Crippen molar-refractivity contribution in [3.63, 3.8) is 0 Å². The smallest absolute Gasteiger partial charge is 0.326 e. The Labute approximate surface area is 147 Å². The number of aromatic nitrogens is 1. The summed E-state index contributed by atoms with van der Waals surface area (Å²) in [5.41, 5.74) is 7.99. The van der Waals surface area contributed by atoms with Gasteiger partial charge in [-0.25, -0.2) is 9.78 Å². The molecule has 1 aromatic heterocycles. The molecule has 2 aromatic carbocycles. The van der Waals surface area contributed by atoms with Gasteiger partial charge in [-0.15, -0.1) is 0 Å². The van der Waals surface area contributed by atoms with Crippen LogP contribution in [0, 0.1) is 6.92 Å². The number of benzene rings is 2. The first-order valence-electron chi connectivity index (χ1n) is 7.06. The summed E-state index contributed by atoms with van der Waals surface area (Å²) in [6.07, 6.45) is 0. The third-order valence-electron chi connectivity index (χ3n) is 3.20. The van der Waals surface area contributed by atoms with Gasteiger partial charge in [0.25, 0.3) is 0 Å². The SMILES string of the molecule is Cc1cccc(Cl)c1NC(=O)N/C(N)=N/c1nc2ccccc2s1. The number of rotatable bonds is 2. The normalized spacial score (nSPS) is 11.5. The topological polar surface area (TPSA) is 92.4 Å². The Hall–Kier alpha value is -2.64. The summed E-state index contributed by atoms with van der Waals surface area (Å²) in [5, 5.41) is 6.05. The molecule has 0 radical (unpaired) electrons. The molecule has 2 amide bonds. The summed E-state index contributed by atoms with van der Waals surface area (Å²) < 4.78 is 1.00. The molecule has 8 heteroatoms. The van der Waals surface area contributed by atoms with E-state index in [0.29, 0.717) is 15.8 Å². The predicted octanol–water partition coefficient (Wildman–Crippen LogP) is 4.03. The number of aliphatic imine (C=N–C) groups is 1. The van der Waals surface area contributed by atoms with Crippen LogP contribution >= 0.6 is 22.9 Å². The molecule has 0 spiro atoms. The molecule has 0 saturated carbocycles. The summed E-state index contributed by atoms with van der Waals surface area (Å²) in [7, 11) is 0. The maximum atomic E-state index is 12.0. The fraction of sp³-hybridized carbons (Fsp3) is 0.0625.